The van der Waals surface area contributed by atoms with Gasteiger partial charge in [-0.1, -0.05) is 65.1 Å². The Hall–Kier alpha value is -2.25. The summed E-state index contributed by atoms with van der Waals surface area (Å²) in [6, 6.07) is 16.9. The van der Waals surface area contributed by atoms with Crippen LogP contribution >= 0.6 is 46.1 Å². The number of thiazole rings is 1. The van der Waals surface area contributed by atoms with E-state index in [0.717, 1.165) is 22.6 Å². The quantitative estimate of drug-likeness (QED) is 0.255. The minimum absolute atomic E-state index is 0.408. The van der Waals surface area contributed by atoms with Gasteiger partial charge in [0.05, 0.1) is 12.8 Å². The Balaban J connectivity index is 1.68. The largest absolute Gasteiger partial charge is 0.497 e. The zero-order chi connectivity index (χ0) is 21.6. The molecule has 0 radical (unpaired) electrons. The molecule has 2 aromatic carbocycles. The van der Waals surface area contributed by atoms with Crippen LogP contribution < -0.4 is 15.4 Å². The van der Waals surface area contributed by atoms with Crippen LogP contribution in [0.15, 0.2) is 66.1 Å². The summed E-state index contributed by atoms with van der Waals surface area (Å²) in [6.45, 7) is 0. The van der Waals surface area contributed by atoms with E-state index in [4.69, 9.17) is 39.5 Å². The van der Waals surface area contributed by atoms with Gasteiger partial charge in [0, 0.05) is 17.0 Å². The van der Waals surface area contributed by atoms with Gasteiger partial charge in [-0.2, -0.15) is 0 Å². The van der Waals surface area contributed by atoms with Crippen molar-refractivity contribution in [3.63, 3.8) is 0 Å². The Morgan fingerprint density at radius 2 is 1.83 bits per heavy atom. The number of carbonyl (C=O) groups excluding carboxylic acids is 1. The van der Waals surface area contributed by atoms with Gasteiger partial charge in [-0.3, -0.25) is 4.79 Å². The molecule has 0 aliphatic carbocycles. The number of aromatic nitrogens is 1. The maximum Gasteiger partial charge on any atom is 0.245 e. The van der Waals surface area contributed by atoms with Gasteiger partial charge in [0.1, 0.15) is 11.9 Å². The molecule has 0 saturated carbocycles. The van der Waals surface area contributed by atoms with Crippen molar-refractivity contribution in [2.45, 2.75) is 9.96 Å². The van der Waals surface area contributed by atoms with Crippen molar-refractivity contribution in [2.24, 2.45) is 0 Å². The summed E-state index contributed by atoms with van der Waals surface area (Å²) in [4.78, 5) is 16.8. The summed E-state index contributed by atoms with van der Waals surface area (Å²) in [7, 11) is 1.61. The monoisotopic (exact) mass is 481 g/mol. The molecule has 0 aliphatic heterocycles. The number of halogens is 3. The standard InChI is InChI=1S/C21H18Cl3N3O2S/c1-29-16-10-8-15(9-11-16)17-13-30-20(25-17)27-19(21(22,23)24)26-18(28)12-7-14-5-3-2-4-6-14/h2-13,19H,1H3,(H,25,27)(H,26,28). The lowest BCUT2D eigenvalue weighted by Gasteiger charge is -2.25. The smallest absolute Gasteiger partial charge is 0.245 e. The van der Waals surface area contributed by atoms with Gasteiger partial charge in [-0.05, 0) is 35.9 Å². The van der Waals surface area contributed by atoms with Crippen molar-refractivity contribution in [1.29, 1.82) is 0 Å². The molecule has 1 amide bonds. The van der Waals surface area contributed by atoms with E-state index in [-0.39, 0.29) is 0 Å². The summed E-state index contributed by atoms with van der Waals surface area (Å²) < 4.78 is 3.38. The van der Waals surface area contributed by atoms with Crippen LogP contribution in [0.1, 0.15) is 5.56 Å². The number of rotatable bonds is 7. The highest BCUT2D eigenvalue weighted by Crippen LogP contribution is 2.33. The van der Waals surface area contributed by atoms with E-state index >= 15 is 0 Å². The van der Waals surface area contributed by atoms with E-state index in [1.54, 1.807) is 13.2 Å². The number of methoxy groups -OCH3 is 1. The van der Waals surface area contributed by atoms with Crippen LogP contribution in [0, 0.1) is 0 Å². The van der Waals surface area contributed by atoms with E-state index in [0.29, 0.717) is 5.13 Å². The Morgan fingerprint density at radius 1 is 1.13 bits per heavy atom. The molecule has 1 atom stereocenters. The number of alkyl halides is 3. The van der Waals surface area contributed by atoms with Crippen LogP contribution in [0.4, 0.5) is 5.13 Å². The molecule has 2 N–H and O–H groups in total. The topological polar surface area (TPSA) is 63.2 Å². The SMILES string of the molecule is COc1ccc(-c2csc(NC(NC(=O)C=Cc3ccccc3)C(Cl)(Cl)Cl)n2)cc1. The molecule has 30 heavy (non-hydrogen) atoms. The summed E-state index contributed by atoms with van der Waals surface area (Å²) in [5, 5.41) is 8.01. The van der Waals surface area contributed by atoms with Gasteiger partial charge in [0.25, 0.3) is 0 Å². The van der Waals surface area contributed by atoms with Crippen molar-refractivity contribution in [2.75, 3.05) is 12.4 Å². The van der Waals surface area contributed by atoms with Crippen LogP contribution in [-0.4, -0.2) is 28.0 Å². The average Bonchev–Trinajstić information content (AvgIpc) is 3.20. The van der Waals surface area contributed by atoms with Crippen molar-refractivity contribution < 1.29 is 9.53 Å². The van der Waals surface area contributed by atoms with E-state index < -0.39 is 15.9 Å². The molecule has 3 rings (SSSR count). The fourth-order valence-corrected chi connectivity index (χ4v) is 3.56. The summed E-state index contributed by atoms with van der Waals surface area (Å²) in [6.07, 6.45) is 2.08. The molecule has 156 valence electrons. The minimum atomic E-state index is -1.79. The fraction of sp³-hybridized carbons (Fsp3) is 0.143. The summed E-state index contributed by atoms with van der Waals surface area (Å²) >= 11 is 19.5. The Morgan fingerprint density at radius 3 is 2.47 bits per heavy atom. The van der Waals surface area contributed by atoms with Gasteiger partial charge in [0.15, 0.2) is 5.13 Å². The minimum Gasteiger partial charge on any atom is -0.497 e. The fourth-order valence-electron chi connectivity index (χ4n) is 2.48. The normalized spacial score (nSPS) is 12.5. The first-order valence-electron chi connectivity index (χ1n) is 8.82. The molecule has 0 fully saturated rings. The van der Waals surface area contributed by atoms with Gasteiger partial charge < -0.3 is 15.4 Å². The predicted molar refractivity (Wildman–Crippen MR) is 125 cm³/mol. The second kappa shape index (κ2) is 10.2. The lowest BCUT2D eigenvalue weighted by Crippen LogP contribution is -2.48. The van der Waals surface area contributed by atoms with Gasteiger partial charge in [-0.15, -0.1) is 11.3 Å². The van der Waals surface area contributed by atoms with E-state index in [9.17, 15) is 4.79 Å². The first-order valence-corrected chi connectivity index (χ1v) is 10.8. The number of benzene rings is 2. The molecule has 3 aromatic rings. The lowest BCUT2D eigenvalue weighted by molar-refractivity contribution is -0.116. The molecule has 1 unspecified atom stereocenters. The van der Waals surface area contributed by atoms with Gasteiger partial charge in [0.2, 0.25) is 9.70 Å². The molecular weight excluding hydrogens is 465 g/mol. The number of hydrogen-bond acceptors (Lipinski definition) is 5. The number of carbonyl (C=O) groups is 1. The summed E-state index contributed by atoms with van der Waals surface area (Å²) in [5.74, 6) is 0.351. The first kappa shape index (κ1) is 22.4. The maximum absolute atomic E-state index is 12.3. The highest BCUT2D eigenvalue weighted by atomic mass is 35.6. The highest BCUT2D eigenvalue weighted by Gasteiger charge is 2.34. The highest BCUT2D eigenvalue weighted by molar-refractivity contribution is 7.14. The Bertz CT molecular complexity index is 1000. The van der Waals surface area contributed by atoms with E-state index in [1.807, 2.05) is 60.0 Å². The molecular formula is C21H18Cl3N3O2S. The molecule has 0 saturated heterocycles. The molecule has 1 aromatic heterocycles. The predicted octanol–water partition coefficient (Wildman–Crippen LogP) is 5.76. The van der Waals surface area contributed by atoms with Crippen LogP contribution in [0.5, 0.6) is 5.75 Å². The lowest BCUT2D eigenvalue weighted by atomic mass is 10.2. The van der Waals surface area contributed by atoms with Gasteiger partial charge in [-0.25, -0.2) is 4.98 Å². The van der Waals surface area contributed by atoms with Crippen LogP contribution in [-0.2, 0) is 4.79 Å². The average molecular weight is 483 g/mol. The third-order valence-corrected chi connectivity index (χ3v) is 5.43. The number of nitrogens with zero attached hydrogens (tertiary/aromatic N) is 1. The van der Waals surface area contributed by atoms with Crippen molar-refractivity contribution in [1.82, 2.24) is 10.3 Å². The molecule has 5 nitrogen and oxygen atoms in total. The third-order valence-electron chi connectivity index (χ3n) is 4.00. The van der Waals surface area contributed by atoms with E-state index in [1.165, 1.54) is 17.4 Å². The zero-order valence-corrected chi connectivity index (χ0v) is 18.9. The first-order chi connectivity index (χ1) is 14.3. The Labute approximate surface area is 193 Å². The second-order valence-electron chi connectivity index (χ2n) is 6.14. The van der Waals surface area contributed by atoms with Crippen LogP contribution in [0.2, 0.25) is 0 Å². The number of hydrogen-bond donors (Lipinski definition) is 2. The molecule has 0 bridgehead atoms. The number of amides is 1. The van der Waals surface area contributed by atoms with Crippen LogP contribution in [0.25, 0.3) is 17.3 Å². The zero-order valence-electron chi connectivity index (χ0n) is 15.8. The molecule has 0 spiro atoms. The number of nitrogens with one attached hydrogen (secondary N) is 2. The third kappa shape index (κ3) is 6.37. The van der Waals surface area contributed by atoms with Crippen LogP contribution in [0.3, 0.4) is 0 Å². The number of anilines is 1. The second-order valence-corrected chi connectivity index (χ2v) is 9.37. The van der Waals surface area contributed by atoms with Gasteiger partial charge >= 0.3 is 0 Å². The van der Waals surface area contributed by atoms with Crippen molar-refractivity contribution in [3.8, 4) is 17.0 Å². The molecule has 0 aliphatic rings. The maximum atomic E-state index is 12.3. The number of ether oxygens (including phenoxy) is 1. The molecule has 1 heterocycles. The molecule has 9 heteroatoms. The Kier molecular flexibility index (Phi) is 7.61. The van der Waals surface area contributed by atoms with Crippen molar-refractivity contribution >= 4 is 63.3 Å². The summed E-state index contributed by atoms with van der Waals surface area (Å²) in [5.41, 5.74) is 2.55. The van der Waals surface area contributed by atoms with E-state index in [2.05, 4.69) is 15.6 Å². The van der Waals surface area contributed by atoms with Crippen molar-refractivity contribution in [3.05, 3.63) is 71.6 Å².